The maximum Gasteiger partial charge on any atom is 0.451 e. The van der Waals surface area contributed by atoms with E-state index in [1.54, 1.807) is 60.9 Å². The lowest BCUT2D eigenvalue weighted by Crippen LogP contribution is -2.56. The van der Waals surface area contributed by atoms with E-state index >= 15 is 4.39 Å². The van der Waals surface area contributed by atoms with Crippen molar-refractivity contribution in [3.05, 3.63) is 183 Å². The van der Waals surface area contributed by atoms with Gasteiger partial charge in [0.05, 0.1) is 56.0 Å². The molecule has 4 aliphatic rings. The second kappa shape index (κ2) is 25.1. The van der Waals surface area contributed by atoms with E-state index in [1.165, 1.54) is 18.3 Å². The summed E-state index contributed by atoms with van der Waals surface area (Å²) in [5.41, 5.74) is 6.75. The monoisotopic (exact) mass is 1310 g/mol. The summed E-state index contributed by atoms with van der Waals surface area (Å²) in [5, 5.41) is 14.8. The predicted molar refractivity (Wildman–Crippen MR) is 320 cm³/mol. The molecule has 0 bridgehead atoms. The first-order valence-corrected chi connectivity index (χ1v) is 30.1. The van der Waals surface area contributed by atoms with Crippen molar-refractivity contribution in [2.45, 2.75) is 89.3 Å². The second-order valence-electron chi connectivity index (χ2n) is 22.8. The van der Waals surface area contributed by atoms with Gasteiger partial charge in [0.1, 0.15) is 42.0 Å². The van der Waals surface area contributed by atoms with Gasteiger partial charge in [-0.1, -0.05) is 47.5 Å². The van der Waals surface area contributed by atoms with Crippen LogP contribution in [0.1, 0.15) is 64.8 Å². The molecule has 3 aromatic carbocycles. The van der Waals surface area contributed by atoms with Gasteiger partial charge in [-0.2, -0.15) is 26.3 Å². The number of imidazole rings is 2. The largest absolute Gasteiger partial charge is 0.472 e. The lowest BCUT2D eigenvalue weighted by Gasteiger charge is -2.48. The van der Waals surface area contributed by atoms with E-state index in [0.29, 0.717) is 140 Å². The number of benzene rings is 3. The van der Waals surface area contributed by atoms with Gasteiger partial charge in [0.2, 0.25) is 23.4 Å². The first kappa shape index (κ1) is 60.8. The first-order chi connectivity index (χ1) is 44.4. The highest BCUT2D eigenvalue weighted by molar-refractivity contribution is 6.30. The second-order valence-corrected chi connectivity index (χ2v) is 23.7. The van der Waals surface area contributed by atoms with E-state index in [1.807, 2.05) is 28.8 Å². The standard InChI is InChI=1S/C63H53Cl2F8N15O4/c64-40-8-5-37(46(66)24-40)31-91-58-43(3-1-15-74-58)34-11-17-85(18-12-34)29-53-77-48-21-36(55-79-60(83-81-55)62(68,69)70)7-10-50(48)87(53)28-52-45(33-90-52)51-23-35(44-4-2-16-75-59(44)92-32-38-6-9-41(65)25-47(38)67)13-19-86(51)30-54-78-49-22-39(56-80-61(84-82-56)63(71,72)73)26-76-57(49)88(54)27-42-14-20-89-42/h1-11,13,15-16,21-22,24-26,42,45,51-52H,12,14,17-20,23,27-33H2,(H,79,81,83)(H,80,82,84)/t42-,45?,51?,52+/m0/s1. The molecular weight excluding hydrogens is 1250 g/mol. The van der Waals surface area contributed by atoms with Gasteiger partial charge in [-0.25, -0.2) is 33.7 Å². The van der Waals surface area contributed by atoms with Gasteiger partial charge >= 0.3 is 12.4 Å². The average Bonchev–Trinajstić information content (AvgIpc) is 0.898. The lowest BCUT2D eigenvalue weighted by molar-refractivity contribution is -0.151. The molecule has 10 aromatic rings. The normalized spacial score (nSPS) is 19.1. The third kappa shape index (κ3) is 12.7. The zero-order valence-corrected chi connectivity index (χ0v) is 49.9. The van der Waals surface area contributed by atoms with Crippen molar-refractivity contribution in [3.63, 3.8) is 0 Å². The Bertz CT molecular complexity index is 4470. The summed E-state index contributed by atoms with van der Waals surface area (Å²) in [6.45, 7) is 3.64. The highest BCUT2D eigenvalue weighted by Crippen LogP contribution is 2.42. The summed E-state index contributed by atoms with van der Waals surface area (Å²) in [5.74, 6) is -1.88. The summed E-state index contributed by atoms with van der Waals surface area (Å²) >= 11 is 12.1. The number of hydrogen-bond acceptors (Lipinski definition) is 15. The van der Waals surface area contributed by atoms with E-state index in [2.05, 4.69) is 66.8 Å². The number of nitrogens with zero attached hydrogens (tertiary/aromatic N) is 13. The number of halogens is 10. The number of hydrogen-bond donors (Lipinski definition) is 2. The number of rotatable bonds is 19. The maximum absolute atomic E-state index is 15.1. The van der Waals surface area contributed by atoms with Gasteiger partial charge in [0.25, 0.3) is 0 Å². The van der Waals surface area contributed by atoms with Crippen LogP contribution in [0.25, 0.3) is 56.1 Å². The minimum absolute atomic E-state index is 0.0622. The molecule has 0 amide bonds. The van der Waals surface area contributed by atoms with Gasteiger partial charge in [-0.05, 0) is 103 Å². The molecule has 11 heterocycles. The highest BCUT2D eigenvalue weighted by atomic mass is 35.5. The highest BCUT2D eigenvalue weighted by Gasteiger charge is 2.44. The van der Waals surface area contributed by atoms with Crippen molar-refractivity contribution in [2.75, 3.05) is 32.8 Å². The SMILES string of the molecule is Fc1cc(Cl)ccc1COc1ncccc1C1=CCN(Cc2nc3cc(-c4nnc(C(F)(F)F)[nH]4)ccc3n2C[C@H]2OCC2C2CC(c3cccnc3OCc3ccc(Cl)cc3F)=CCN2Cc2nc3cc(-c4nnc(C(F)(F)F)[nH]4)cnc3n2C[C@@H]2CCO2)CC1. The molecule has 0 aliphatic carbocycles. The zero-order valence-electron chi connectivity index (χ0n) is 48.4. The molecule has 2 unspecified atom stereocenters. The molecule has 2 fully saturated rings. The minimum Gasteiger partial charge on any atom is -0.472 e. The van der Waals surface area contributed by atoms with Crippen LogP contribution in [-0.2, 0) is 61.2 Å². The van der Waals surface area contributed by atoms with Crippen LogP contribution in [0.15, 0.2) is 116 Å². The molecule has 0 radical (unpaired) electrons. The van der Waals surface area contributed by atoms with Gasteiger partial charge in [-0.15, -0.1) is 20.4 Å². The number of ether oxygens (including phenoxy) is 4. The van der Waals surface area contributed by atoms with E-state index < -0.39 is 41.7 Å². The van der Waals surface area contributed by atoms with Crippen LogP contribution in [0, 0.1) is 17.6 Å². The number of aromatic nitrogens is 13. The van der Waals surface area contributed by atoms with Crippen molar-refractivity contribution >= 4 is 56.5 Å². The summed E-state index contributed by atoms with van der Waals surface area (Å²) in [7, 11) is 0. The van der Waals surface area contributed by atoms with Gasteiger partial charge in [0, 0.05) is 100 Å². The quantitative estimate of drug-likeness (QED) is 0.0724. The summed E-state index contributed by atoms with van der Waals surface area (Å²) < 4.78 is 141. The van der Waals surface area contributed by atoms with Crippen molar-refractivity contribution in [3.8, 4) is 34.5 Å². The van der Waals surface area contributed by atoms with E-state index in [4.69, 9.17) is 57.1 Å². The third-order valence-electron chi connectivity index (χ3n) is 17.0. The Morgan fingerprint density at radius 3 is 1.85 bits per heavy atom. The molecule has 2 N–H and O–H groups in total. The maximum atomic E-state index is 15.1. The Hall–Kier alpha value is -8.73. The van der Waals surface area contributed by atoms with Crippen molar-refractivity contribution in [1.82, 2.24) is 74.2 Å². The minimum atomic E-state index is -4.75. The molecule has 474 valence electrons. The summed E-state index contributed by atoms with van der Waals surface area (Å²) in [4.78, 5) is 33.2. The molecule has 7 aromatic heterocycles. The van der Waals surface area contributed by atoms with Crippen LogP contribution >= 0.6 is 23.2 Å². The molecule has 29 heteroatoms. The molecule has 19 nitrogen and oxygen atoms in total. The van der Waals surface area contributed by atoms with Gasteiger partial charge < -0.3 is 38.0 Å². The number of alkyl halides is 6. The number of nitrogens with one attached hydrogen (secondary N) is 2. The fourth-order valence-electron chi connectivity index (χ4n) is 12.1. The van der Waals surface area contributed by atoms with E-state index in [-0.39, 0.29) is 58.5 Å². The Morgan fingerprint density at radius 2 is 1.26 bits per heavy atom. The van der Waals surface area contributed by atoms with Gasteiger partial charge in [-0.3, -0.25) is 9.80 Å². The predicted octanol–water partition coefficient (Wildman–Crippen LogP) is 12.4. The third-order valence-corrected chi connectivity index (χ3v) is 17.5. The van der Waals surface area contributed by atoms with Crippen LogP contribution in [0.2, 0.25) is 10.0 Å². The molecular formula is C63H53Cl2F8N15O4. The van der Waals surface area contributed by atoms with Gasteiger partial charge in [0.15, 0.2) is 17.3 Å². The lowest BCUT2D eigenvalue weighted by atomic mass is 9.81. The fraction of sp³-hybridized carbons (Fsp3) is 0.317. The fourth-order valence-corrected chi connectivity index (χ4v) is 12.4. The molecule has 0 spiro atoms. The molecule has 4 aliphatic heterocycles. The zero-order chi connectivity index (χ0) is 63.4. The topological polar surface area (TPSA) is 201 Å². The number of fused-ring (bicyclic) bond motifs is 2. The van der Waals surface area contributed by atoms with Crippen LogP contribution in [-0.4, -0.2) is 125 Å². The molecule has 4 atom stereocenters. The van der Waals surface area contributed by atoms with E-state index in [0.717, 1.165) is 23.1 Å². The van der Waals surface area contributed by atoms with Crippen LogP contribution < -0.4 is 9.47 Å². The number of pyridine rings is 3. The van der Waals surface area contributed by atoms with Crippen molar-refractivity contribution in [1.29, 1.82) is 0 Å². The Labute approximate surface area is 528 Å². The molecule has 14 rings (SSSR count). The van der Waals surface area contributed by atoms with Crippen LogP contribution in [0.3, 0.4) is 0 Å². The number of aromatic amines is 2. The Kier molecular flexibility index (Phi) is 16.6. The number of H-pyrrole nitrogens is 2. The van der Waals surface area contributed by atoms with Crippen molar-refractivity contribution in [2.24, 2.45) is 5.92 Å². The smallest absolute Gasteiger partial charge is 0.451 e. The summed E-state index contributed by atoms with van der Waals surface area (Å²) in [6.07, 6.45) is 0.671. The molecule has 92 heavy (non-hydrogen) atoms. The Morgan fingerprint density at radius 1 is 0.641 bits per heavy atom. The van der Waals surface area contributed by atoms with Crippen LogP contribution in [0.4, 0.5) is 35.1 Å². The molecule has 0 saturated carbocycles. The Balaban J connectivity index is 0.786. The first-order valence-electron chi connectivity index (χ1n) is 29.4. The molecule has 2 saturated heterocycles. The van der Waals surface area contributed by atoms with Crippen molar-refractivity contribution < 1.29 is 54.1 Å². The summed E-state index contributed by atoms with van der Waals surface area (Å²) in [6, 6.07) is 22.8. The van der Waals surface area contributed by atoms with E-state index in [9.17, 15) is 30.7 Å². The van der Waals surface area contributed by atoms with Crippen LogP contribution in [0.5, 0.6) is 11.8 Å². The average molecular weight is 1310 g/mol.